The molecular weight excluding hydrogens is 340 g/mol. The monoisotopic (exact) mass is 362 g/mol. The quantitative estimate of drug-likeness (QED) is 0.822. The summed E-state index contributed by atoms with van der Waals surface area (Å²) >= 11 is 0. The molecule has 0 spiro atoms. The average Bonchev–Trinajstić information content (AvgIpc) is 2.57. The van der Waals surface area contributed by atoms with Gasteiger partial charge in [-0.3, -0.25) is 4.79 Å². The van der Waals surface area contributed by atoms with Gasteiger partial charge >= 0.3 is 0 Å². The van der Waals surface area contributed by atoms with Crippen LogP contribution in [0.2, 0.25) is 0 Å². The smallest absolute Gasteiger partial charge is 0.242 e. The maximum absolute atomic E-state index is 12.0. The molecule has 1 amide bonds. The number of sulfonamides is 1. The van der Waals surface area contributed by atoms with Crippen molar-refractivity contribution in [1.29, 1.82) is 0 Å². The molecule has 0 aliphatic heterocycles. The van der Waals surface area contributed by atoms with E-state index in [9.17, 15) is 13.2 Å². The van der Waals surface area contributed by atoms with Gasteiger partial charge in [0, 0.05) is 19.8 Å². The lowest BCUT2D eigenvalue weighted by Gasteiger charge is -2.12. The van der Waals surface area contributed by atoms with Crippen molar-refractivity contribution in [1.82, 2.24) is 4.31 Å². The summed E-state index contributed by atoms with van der Waals surface area (Å²) < 4.78 is 30.7. The van der Waals surface area contributed by atoms with Crippen LogP contribution in [0.3, 0.4) is 0 Å². The molecule has 0 radical (unpaired) electrons. The molecule has 0 bridgehead atoms. The van der Waals surface area contributed by atoms with Crippen molar-refractivity contribution in [2.45, 2.75) is 18.2 Å². The molecule has 7 heteroatoms. The molecule has 0 aliphatic carbocycles. The van der Waals surface area contributed by atoms with Gasteiger partial charge in [0.15, 0.2) is 0 Å². The fraction of sp³-hybridized carbons (Fsp3) is 0.278. The Kier molecular flexibility index (Phi) is 6.17. The molecule has 0 unspecified atom stereocenters. The lowest BCUT2D eigenvalue weighted by atomic mass is 10.2. The molecule has 1 N–H and O–H groups in total. The number of benzene rings is 2. The Morgan fingerprint density at radius 3 is 2.32 bits per heavy atom. The second-order valence-corrected chi connectivity index (χ2v) is 7.88. The van der Waals surface area contributed by atoms with Crippen molar-refractivity contribution >= 4 is 21.6 Å². The predicted octanol–water partition coefficient (Wildman–Crippen LogP) is 2.65. The van der Waals surface area contributed by atoms with Crippen LogP contribution in [-0.4, -0.2) is 39.3 Å². The van der Waals surface area contributed by atoms with E-state index in [4.69, 9.17) is 4.74 Å². The number of hydrogen-bond acceptors (Lipinski definition) is 4. The Hall–Kier alpha value is -2.38. The van der Waals surface area contributed by atoms with E-state index in [1.54, 1.807) is 12.1 Å². The zero-order chi connectivity index (χ0) is 18.4. The number of hydrogen-bond donors (Lipinski definition) is 1. The Balaban J connectivity index is 1.88. The molecule has 0 saturated heterocycles. The molecule has 6 nitrogen and oxygen atoms in total. The van der Waals surface area contributed by atoms with Crippen LogP contribution in [0.25, 0.3) is 0 Å². The average molecular weight is 362 g/mol. The molecular formula is C18H22N2O4S. The molecule has 2 aromatic rings. The standard InChI is InChI=1S/C18H22N2O4S/c1-14-6-4-5-7-17(14)24-13-12-18(21)19-15-8-10-16(11-9-15)25(22,23)20(2)3/h4-11H,12-13H2,1-3H3,(H,19,21). The van der Waals surface area contributed by atoms with E-state index in [1.807, 2.05) is 31.2 Å². The largest absolute Gasteiger partial charge is 0.493 e. The Bertz CT molecular complexity index is 830. The molecule has 0 fully saturated rings. The summed E-state index contributed by atoms with van der Waals surface area (Å²) in [5.74, 6) is 0.561. The van der Waals surface area contributed by atoms with Gasteiger partial charge < -0.3 is 10.1 Å². The van der Waals surface area contributed by atoms with Gasteiger partial charge in [-0.25, -0.2) is 12.7 Å². The highest BCUT2D eigenvalue weighted by atomic mass is 32.2. The molecule has 0 heterocycles. The summed E-state index contributed by atoms with van der Waals surface area (Å²) in [7, 11) is -0.527. The Morgan fingerprint density at radius 2 is 1.72 bits per heavy atom. The summed E-state index contributed by atoms with van der Waals surface area (Å²) in [5.41, 5.74) is 1.55. The van der Waals surface area contributed by atoms with Gasteiger partial charge in [-0.2, -0.15) is 0 Å². The van der Waals surface area contributed by atoms with Gasteiger partial charge in [-0.1, -0.05) is 18.2 Å². The van der Waals surface area contributed by atoms with Crippen LogP contribution in [0.1, 0.15) is 12.0 Å². The number of amides is 1. The van der Waals surface area contributed by atoms with Gasteiger partial charge in [-0.15, -0.1) is 0 Å². The molecule has 2 rings (SSSR count). The predicted molar refractivity (Wildman–Crippen MR) is 97.2 cm³/mol. The third kappa shape index (κ3) is 5.04. The maximum atomic E-state index is 12.0. The van der Waals surface area contributed by atoms with Gasteiger partial charge in [0.1, 0.15) is 5.75 Å². The van der Waals surface area contributed by atoms with Gasteiger partial charge in [0.05, 0.1) is 17.9 Å². The first-order valence-electron chi connectivity index (χ1n) is 7.81. The minimum Gasteiger partial charge on any atom is -0.493 e. The van der Waals surface area contributed by atoms with Crippen molar-refractivity contribution in [3.8, 4) is 5.75 Å². The van der Waals surface area contributed by atoms with Crippen molar-refractivity contribution in [2.24, 2.45) is 0 Å². The van der Waals surface area contributed by atoms with E-state index in [0.29, 0.717) is 5.69 Å². The minimum atomic E-state index is -3.47. The van der Waals surface area contributed by atoms with Crippen molar-refractivity contribution < 1.29 is 17.9 Å². The van der Waals surface area contributed by atoms with Crippen molar-refractivity contribution in [2.75, 3.05) is 26.0 Å². The normalized spacial score (nSPS) is 11.4. The van der Waals surface area contributed by atoms with Crippen molar-refractivity contribution in [3.05, 3.63) is 54.1 Å². The highest BCUT2D eigenvalue weighted by Crippen LogP contribution is 2.18. The fourth-order valence-corrected chi connectivity index (χ4v) is 3.02. The molecule has 0 saturated carbocycles. The Labute approximate surface area is 148 Å². The maximum Gasteiger partial charge on any atom is 0.242 e. The summed E-state index contributed by atoms with van der Waals surface area (Å²) in [6.45, 7) is 2.21. The molecule has 0 aromatic heterocycles. The summed E-state index contributed by atoms with van der Waals surface area (Å²) in [4.78, 5) is 12.1. The minimum absolute atomic E-state index is 0.179. The van der Waals surface area contributed by atoms with E-state index >= 15 is 0 Å². The number of rotatable bonds is 7. The first-order valence-corrected chi connectivity index (χ1v) is 9.25. The van der Waals surface area contributed by atoms with Crippen LogP contribution in [0.5, 0.6) is 5.75 Å². The van der Waals surface area contributed by atoms with E-state index in [1.165, 1.54) is 26.2 Å². The van der Waals surface area contributed by atoms with Crippen molar-refractivity contribution in [3.63, 3.8) is 0 Å². The first kappa shape index (κ1) is 19.0. The SMILES string of the molecule is Cc1ccccc1OCCC(=O)Nc1ccc(S(=O)(=O)N(C)C)cc1. The summed E-state index contributed by atoms with van der Waals surface area (Å²) in [6.07, 6.45) is 0.200. The Morgan fingerprint density at radius 1 is 1.08 bits per heavy atom. The highest BCUT2D eigenvalue weighted by molar-refractivity contribution is 7.89. The number of carbonyl (C=O) groups excluding carboxylic acids is 1. The third-order valence-electron chi connectivity index (χ3n) is 3.60. The highest BCUT2D eigenvalue weighted by Gasteiger charge is 2.16. The van der Waals surface area contributed by atoms with Crippen LogP contribution in [0.15, 0.2) is 53.4 Å². The number of nitrogens with one attached hydrogen (secondary N) is 1. The van der Waals surface area contributed by atoms with E-state index in [-0.39, 0.29) is 23.8 Å². The topological polar surface area (TPSA) is 75.7 Å². The van der Waals surface area contributed by atoms with Crippen LogP contribution < -0.4 is 10.1 Å². The van der Waals surface area contributed by atoms with Gasteiger partial charge in [-0.05, 0) is 42.8 Å². The zero-order valence-electron chi connectivity index (χ0n) is 14.5. The lowest BCUT2D eigenvalue weighted by molar-refractivity contribution is -0.116. The zero-order valence-corrected chi connectivity index (χ0v) is 15.3. The van der Waals surface area contributed by atoms with Crippen LogP contribution in [0.4, 0.5) is 5.69 Å². The second kappa shape index (κ2) is 8.13. The van der Waals surface area contributed by atoms with E-state index in [2.05, 4.69) is 5.32 Å². The number of anilines is 1. The van der Waals surface area contributed by atoms with Crippen LogP contribution in [-0.2, 0) is 14.8 Å². The third-order valence-corrected chi connectivity index (χ3v) is 5.43. The summed E-state index contributed by atoms with van der Waals surface area (Å²) in [6, 6.07) is 13.7. The molecule has 0 aliphatic rings. The molecule has 134 valence electrons. The van der Waals surface area contributed by atoms with Crippen LogP contribution >= 0.6 is 0 Å². The van der Waals surface area contributed by atoms with Crippen LogP contribution in [0, 0.1) is 6.92 Å². The first-order chi connectivity index (χ1) is 11.8. The molecule has 25 heavy (non-hydrogen) atoms. The molecule has 2 aromatic carbocycles. The molecule has 0 atom stereocenters. The van der Waals surface area contributed by atoms with Gasteiger partial charge in [0.2, 0.25) is 15.9 Å². The number of nitrogens with zero attached hydrogens (tertiary/aromatic N) is 1. The van der Waals surface area contributed by atoms with E-state index in [0.717, 1.165) is 15.6 Å². The number of carbonyl (C=O) groups is 1. The van der Waals surface area contributed by atoms with Gasteiger partial charge in [0.25, 0.3) is 0 Å². The number of para-hydroxylation sites is 1. The number of ether oxygens (including phenoxy) is 1. The van der Waals surface area contributed by atoms with E-state index < -0.39 is 10.0 Å². The number of aryl methyl sites for hydroxylation is 1. The lowest BCUT2D eigenvalue weighted by Crippen LogP contribution is -2.22. The summed E-state index contributed by atoms with van der Waals surface area (Å²) in [5, 5.41) is 2.72. The second-order valence-electron chi connectivity index (χ2n) is 5.72. The fourth-order valence-electron chi connectivity index (χ4n) is 2.12.